The van der Waals surface area contributed by atoms with Gasteiger partial charge in [0.15, 0.2) is 0 Å². The molecule has 1 amide bonds. The molecule has 0 atom stereocenters. The predicted octanol–water partition coefficient (Wildman–Crippen LogP) is 3.78. The molecular weight excluding hydrogens is 326 g/mol. The van der Waals surface area contributed by atoms with E-state index in [1.165, 1.54) is 42.9 Å². The van der Waals surface area contributed by atoms with Crippen LogP contribution in [0, 0.1) is 0 Å². The van der Waals surface area contributed by atoms with Crippen molar-refractivity contribution in [3.05, 3.63) is 52.8 Å². The van der Waals surface area contributed by atoms with Gasteiger partial charge in [-0.25, -0.2) is 4.68 Å². The third kappa shape index (κ3) is 6.82. The van der Waals surface area contributed by atoms with Gasteiger partial charge in [-0.2, -0.15) is 5.10 Å². The van der Waals surface area contributed by atoms with E-state index in [1.54, 1.807) is 6.07 Å². The molecule has 0 aliphatic carbocycles. The first-order valence-electron chi connectivity index (χ1n) is 9.61. The van der Waals surface area contributed by atoms with Crippen LogP contribution in [0.1, 0.15) is 51.9 Å². The van der Waals surface area contributed by atoms with Crippen LogP contribution in [0.2, 0.25) is 0 Å². The van der Waals surface area contributed by atoms with Crippen molar-refractivity contribution >= 4 is 5.91 Å². The molecule has 0 spiro atoms. The van der Waals surface area contributed by atoms with Gasteiger partial charge in [0.2, 0.25) is 5.91 Å². The third-order valence-corrected chi connectivity index (χ3v) is 4.33. The monoisotopic (exact) mass is 355 g/mol. The van der Waals surface area contributed by atoms with E-state index in [0.29, 0.717) is 12.2 Å². The van der Waals surface area contributed by atoms with Crippen molar-refractivity contribution in [2.24, 2.45) is 0 Å². The molecule has 140 valence electrons. The quantitative estimate of drug-likeness (QED) is 0.624. The number of hydrogen-bond donors (Lipinski definition) is 1. The van der Waals surface area contributed by atoms with Gasteiger partial charge in [0.1, 0.15) is 6.54 Å². The van der Waals surface area contributed by atoms with Gasteiger partial charge in [-0.1, -0.05) is 75.8 Å². The van der Waals surface area contributed by atoms with Crippen LogP contribution in [0.15, 0.2) is 47.3 Å². The van der Waals surface area contributed by atoms with Crippen LogP contribution in [-0.2, 0) is 11.3 Å². The first kappa shape index (κ1) is 19.9. The molecule has 1 N–H and O–H groups in total. The third-order valence-electron chi connectivity index (χ3n) is 4.33. The fourth-order valence-corrected chi connectivity index (χ4v) is 2.83. The molecule has 0 radical (unpaired) electrons. The Morgan fingerprint density at radius 2 is 1.65 bits per heavy atom. The van der Waals surface area contributed by atoms with E-state index in [9.17, 15) is 9.59 Å². The second-order valence-electron chi connectivity index (χ2n) is 6.55. The Morgan fingerprint density at radius 3 is 2.38 bits per heavy atom. The topological polar surface area (TPSA) is 64.0 Å². The summed E-state index contributed by atoms with van der Waals surface area (Å²) in [6, 6.07) is 12.8. The average Bonchev–Trinajstić information content (AvgIpc) is 2.66. The van der Waals surface area contributed by atoms with Gasteiger partial charge in [-0.15, -0.1) is 0 Å². The summed E-state index contributed by atoms with van der Waals surface area (Å²) in [6.07, 6.45) is 8.46. The van der Waals surface area contributed by atoms with Crippen LogP contribution >= 0.6 is 0 Å². The van der Waals surface area contributed by atoms with E-state index < -0.39 is 0 Å². The van der Waals surface area contributed by atoms with Crippen LogP contribution in [0.4, 0.5) is 0 Å². The Balaban J connectivity index is 1.77. The Hall–Kier alpha value is -2.43. The number of rotatable bonds is 11. The smallest absolute Gasteiger partial charge is 0.267 e. The van der Waals surface area contributed by atoms with Gasteiger partial charge >= 0.3 is 0 Å². The van der Waals surface area contributed by atoms with Crippen LogP contribution in [0.5, 0.6) is 0 Å². The molecular formula is C21H29N3O2. The predicted molar refractivity (Wildman–Crippen MR) is 105 cm³/mol. The van der Waals surface area contributed by atoms with Crippen molar-refractivity contribution in [2.45, 2.75) is 58.4 Å². The lowest BCUT2D eigenvalue weighted by Gasteiger charge is -2.08. The fraction of sp³-hybridized carbons (Fsp3) is 0.476. The summed E-state index contributed by atoms with van der Waals surface area (Å²) in [4.78, 5) is 24.0. The van der Waals surface area contributed by atoms with Gasteiger partial charge in [0.25, 0.3) is 5.56 Å². The standard InChI is InChI=1S/C21H29N3O2/c1-2-3-4-5-6-7-11-16-22-20(25)17-24-21(26)15-14-19(23-24)18-12-9-8-10-13-18/h8-10,12-15H,2-7,11,16-17H2,1H3,(H,22,25). The second-order valence-corrected chi connectivity index (χ2v) is 6.55. The van der Waals surface area contributed by atoms with Crippen LogP contribution in [0.25, 0.3) is 11.3 Å². The highest BCUT2D eigenvalue weighted by molar-refractivity contribution is 5.75. The molecule has 0 fully saturated rings. The summed E-state index contributed by atoms with van der Waals surface area (Å²) in [7, 11) is 0. The Morgan fingerprint density at radius 1 is 0.962 bits per heavy atom. The zero-order valence-electron chi connectivity index (χ0n) is 15.6. The van der Waals surface area contributed by atoms with Crippen molar-refractivity contribution in [1.29, 1.82) is 0 Å². The summed E-state index contributed by atoms with van der Waals surface area (Å²) < 4.78 is 1.22. The number of aromatic nitrogens is 2. The highest BCUT2D eigenvalue weighted by Gasteiger charge is 2.07. The molecule has 1 heterocycles. The van der Waals surface area contributed by atoms with E-state index in [0.717, 1.165) is 18.4 Å². The molecule has 0 unspecified atom stereocenters. The van der Waals surface area contributed by atoms with Crippen LogP contribution in [-0.4, -0.2) is 22.2 Å². The molecule has 5 heteroatoms. The van der Waals surface area contributed by atoms with Crippen molar-refractivity contribution in [3.63, 3.8) is 0 Å². The minimum Gasteiger partial charge on any atom is -0.354 e. The van der Waals surface area contributed by atoms with Gasteiger partial charge < -0.3 is 5.32 Å². The van der Waals surface area contributed by atoms with E-state index in [-0.39, 0.29) is 18.0 Å². The van der Waals surface area contributed by atoms with E-state index in [4.69, 9.17) is 0 Å². The number of hydrogen-bond acceptors (Lipinski definition) is 3. The number of carbonyl (C=O) groups is 1. The maximum absolute atomic E-state index is 12.1. The van der Waals surface area contributed by atoms with Crippen LogP contribution < -0.4 is 10.9 Å². The molecule has 26 heavy (non-hydrogen) atoms. The van der Waals surface area contributed by atoms with E-state index in [2.05, 4.69) is 17.3 Å². The first-order chi connectivity index (χ1) is 12.7. The number of nitrogens with one attached hydrogen (secondary N) is 1. The van der Waals surface area contributed by atoms with Gasteiger partial charge in [-0.05, 0) is 12.5 Å². The molecule has 0 saturated heterocycles. The summed E-state index contributed by atoms with van der Waals surface area (Å²) in [5.41, 5.74) is 1.34. The minimum atomic E-state index is -0.268. The number of amides is 1. The van der Waals surface area contributed by atoms with E-state index >= 15 is 0 Å². The molecule has 2 aromatic rings. The number of nitrogens with zero attached hydrogens (tertiary/aromatic N) is 2. The molecule has 2 rings (SSSR count). The Bertz CT molecular complexity index is 726. The largest absolute Gasteiger partial charge is 0.354 e. The Kier molecular flexibility index (Phi) is 8.60. The molecule has 0 saturated carbocycles. The fourth-order valence-electron chi connectivity index (χ4n) is 2.83. The molecule has 0 bridgehead atoms. The second kappa shape index (κ2) is 11.2. The van der Waals surface area contributed by atoms with Gasteiger partial charge in [0.05, 0.1) is 5.69 Å². The number of benzene rings is 1. The SMILES string of the molecule is CCCCCCCCCNC(=O)Cn1nc(-c2ccccc2)ccc1=O. The normalized spacial score (nSPS) is 10.7. The van der Waals surface area contributed by atoms with Crippen molar-refractivity contribution < 1.29 is 4.79 Å². The molecule has 1 aromatic carbocycles. The van der Waals surface area contributed by atoms with Crippen LogP contribution in [0.3, 0.4) is 0 Å². The maximum atomic E-state index is 12.1. The number of carbonyl (C=O) groups excluding carboxylic acids is 1. The summed E-state index contributed by atoms with van der Waals surface area (Å²) in [5, 5.41) is 7.19. The zero-order valence-corrected chi connectivity index (χ0v) is 15.6. The summed E-state index contributed by atoms with van der Waals surface area (Å²) >= 11 is 0. The molecule has 5 nitrogen and oxygen atoms in total. The van der Waals surface area contributed by atoms with Gasteiger partial charge in [0, 0.05) is 18.2 Å². The average molecular weight is 355 g/mol. The van der Waals surface area contributed by atoms with E-state index in [1.807, 2.05) is 30.3 Å². The summed E-state index contributed by atoms with van der Waals surface area (Å²) in [5.74, 6) is -0.171. The maximum Gasteiger partial charge on any atom is 0.267 e. The molecule has 0 aliphatic heterocycles. The lowest BCUT2D eigenvalue weighted by molar-refractivity contribution is -0.121. The first-order valence-corrected chi connectivity index (χ1v) is 9.61. The van der Waals surface area contributed by atoms with Crippen molar-refractivity contribution in [1.82, 2.24) is 15.1 Å². The number of unbranched alkanes of at least 4 members (excludes halogenated alkanes) is 6. The lowest BCUT2D eigenvalue weighted by atomic mass is 10.1. The lowest BCUT2D eigenvalue weighted by Crippen LogP contribution is -2.34. The van der Waals surface area contributed by atoms with Crippen molar-refractivity contribution in [2.75, 3.05) is 6.54 Å². The highest BCUT2D eigenvalue weighted by Crippen LogP contribution is 2.13. The Labute approximate surface area is 155 Å². The summed E-state index contributed by atoms with van der Waals surface area (Å²) in [6.45, 7) is 2.82. The van der Waals surface area contributed by atoms with Crippen molar-refractivity contribution in [3.8, 4) is 11.3 Å². The minimum absolute atomic E-state index is 0.0456. The highest BCUT2D eigenvalue weighted by atomic mass is 16.2. The van der Waals surface area contributed by atoms with Gasteiger partial charge in [-0.3, -0.25) is 9.59 Å². The molecule has 1 aromatic heterocycles. The zero-order chi connectivity index (χ0) is 18.6. The molecule has 0 aliphatic rings.